The molecule has 192 valence electrons. The number of benzene rings is 6. The van der Waals surface area contributed by atoms with Crippen LogP contribution in [0.4, 0.5) is 0 Å². The fraction of sp³-hybridized carbons (Fsp3) is 0. The number of hydrogen-bond donors (Lipinski definition) is 0. The van der Waals surface area contributed by atoms with Crippen LogP contribution in [-0.4, -0.2) is 9.13 Å². The van der Waals surface area contributed by atoms with Gasteiger partial charge in [-0.2, -0.15) is 0 Å². The van der Waals surface area contributed by atoms with E-state index in [1.807, 2.05) is 0 Å². The summed E-state index contributed by atoms with van der Waals surface area (Å²) >= 11 is 0. The highest BCUT2D eigenvalue weighted by Gasteiger charge is 2.21. The molecular formula is C38H24N2O. The minimum atomic E-state index is 0.892. The third kappa shape index (κ3) is 3.14. The molecule has 0 bridgehead atoms. The van der Waals surface area contributed by atoms with Crippen molar-refractivity contribution in [2.45, 2.75) is 0 Å². The lowest BCUT2D eigenvalue weighted by Gasteiger charge is -2.12. The van der Waals surface area contributed by atoms with Gasteiger partial charge in [0.1, 0.15) is 5.58 Å². The van der Waals surface area contributed by atoms with E-state index in [0.29, 0.717) is 0 Å². The summed E-state index contributed by atoms with van der Waals surface area (Å²) in [4.78, 5) is 0. The van der Waals surface area contributed by atoms with Gasteiger partial charge in [0.05, 0.1) is 22.2 Å². The summed E-state index contributed by atoms with van der Waals surface area (Å²) in [7, 11) is 0. The first-order valence-corrected chi connectivity index (χ1v) is 14.0. The van der Waals surface area contributed by atoms with Gasteiger partial charge in [-0.25, -0.2) is 0 Å². The van der Waals surface area contributed by atoms with E-state index in [0.717, 1.165) is 50.0 Å². The number of rotatable bonds is 3. The molecular weight excluding hydrogens is 500 g/mol. The second-order valence-corrected chi connectivity index (χ2v) is 10.6. The third-order valence-corrected chi connectivity index (χ3v) is 8.35. The van der Waals surface area contributed by atoms with Crippen LogP contribution >= 0.6 is 0 Å². The van der Waals surface area contributed by atoms with Crippen molar-refractivity contribution in [3.8, 4) is 22.5 Å². The SMILES string of the molecule is c1ccc(-c2cccc3c2oc2c(-n4c5ccccc5c5ccc6ccn(-c7ccccc7)c6c54)cccc23)cc1. The van der Waals surface area contributed by atoms with E-state index < -0.39 is 0 Å². The average Bonchev–Trinajstić information content (AvgIpc) is 3.73. The normalized spacial score (nSPS) is 11.9. The molecule has 9 aromatic rings. The van der Waals surface area contributed by atoms with Gasteiger partial charge in [-0.15, -0.1) is 0 Å². The molecule has 0 atom stereocenters. The van der Waals surface area contributed by atoms with Crippen LogP contribution in [-0.2, 0) is 0 Å². The summed E-state index contributed by atoms with van der Waals surface area (Å²) in [6, 6.07) is 49.4. The van der Waals surface area contributed by atoms with E-state index in [1.54, 1.807) is 0 Å². The monoisotopic (exact) mass is 524 g/mol. The van der Waals surface area contributed by atoms with Crippen molar-refractivity contribution in [3.63, 3.8) is 0 Å². The largest absolute Gasteiger partial charge is 0.453 e. The maximum absolute atomic E-state index is 6.87. The summed E-state index contributed by atoms with van der Waals surface area (Å²) in [5.74, 6) is 0. The first-order valence-electron chi connectivity index (χ1n) is 14.0. The molecule has 3 heterocycles. The first-order chi connectivity index (χ1) is 20.4. The van der Waals surface area contributed by atoms with Gasteiger partial charge >= 0.3 is 0 Å². The van der Waals surface area contributed by atoms with Crippen LogP contribution in [0.15, 0.2) is 150 Å². The van der Waals surface area contributed by atoms with Gasteiger partial charge in [0, 0.05) is 44.4 Å². The van der Waals surface area contributed by atoms with E-state index >= 15 is 0 Å². The number of nitrogens with zero attached hydrogens (tertiary/aromatic N) is 2. The minimum absolute atomic E-state index is 0.892. The molecule has 0 aliphatic carbocycles. The Morgan fingerprint density at radius 2 is 1.17 bits per heavy atom. The molecule has 9 rings (SSSR count). The average molecular weight is 525 g/mol. The predicted octanol–water partition coefficient (Wildman–Crippen LogP) is 10.3. The zero-order valence-corrected chi connectivity index (χ0v) is 22.2. The van der Waals surface area contributed by atoms with Crippen LogP contribution in [0.25, 0.3) is 77.1 Å². The smallest absolute Gasteiger partial charge is 0.159 e. The Morgan fingerprint density at radius 3 is 2.02 bits per heavy atom. The summed E-state index contributed by atoms with van der Waals surface area (Å²) in [5, 5.41) is 5.90. The Hall–Kier alpha value is -5.54. The third-order valence-electron chi connectivity index (χ3n) is 8.35. The second kappa shape index (κ2) is 8.48. The first kappa shape index (κ1) is 22.3. The Bertz CT molecular complexity index is 2410. The summed E-state index contributed by atoms with van der Waals surface area (Å²) in [6.07, 6.45) is 2.18. The molecule has 3 nitrogen and oxygen atoms in total. The number of para-hydroxylation sites is 4. The lowest BCUT2D eigenvalue weighted by Crippen LogP contribution is -1.98. The fourth-order valence-electron chi connectivity index (χ4n) is 6.55. The number of fused-ring (bicyclic) bond motifs is 8. The Labute approximate surface area is 236 Å². The summed E-state index contributed by atoms with van der Waals surface area (Å²) in [6.45, 7) is 0. The highest BCUT2D eigenvalue weighted by Crippen LogP contribution is 2.42. The van der Waals surface area contributed by atoms with Gasteiger partial charge in [-0.05, 0) is 35.9 Å². The van der Waals surface area contributed by atoms with Gasteiger partial charge in [0.25, 0.3) is 0 Å². The van der Waals surface area contributed by atoms with Gasteiger partial charge in [-0.3, -0.25) is 0 Å². The zero-order chi connectivity index (χ0) is 26.9. The molecule has 0 aliphatic rings. The highest BCUT2D eigenvalue weighted by molar-refractivity contribution is 6.19. The van der Waals surface area contributed by atoms with Gasteiger partial charge in [0.15, 0.2) is 5.58 Å². The minimum Gasteiger partial charge on any atom is -0.453 e. The van der Waals surface area contributed by atoms with Crippen molar-refractivity contribution in [3.05, 3.63) is 146 Å². The van der Waals surface area contributed by atoms with Crippen LogP contribution < -0.4 is 0 Å². The topological polar surface area (TPSA) is 23.0 Å². The fourth-order valence-corrected chi connectivity index (χ4v) is 6.55. The van der Waals surface area contributed by atoms with Crippen molar-refractivity contribution in [2.24, 2.45) is 0 Å². The standard InChI is InChI=1S/C38H24N2O/c1-3-11-25(12-4-1)28-16-9-17-31-32-18-10-20-34(38(32)41-37(28)31)40-33-19-8-7-15-29(33)30-22-21-26-23-24-39(35(26)36(30)40)27-13-5-2-6-14-27/h1-24H. The van der Waals surface area contributed by atoms with Crippen molar-refractivity contribution in [1.29, 1.82) is 0 Å². The van der Waals surface area contributed by atoms with Gasteiger partial charge < -0.3 is 13.6 Å². The molecule has 3 aromatic heterocycles. The molecule has 0 spiro atoms. The molecule has 3 heteroatoms. The van der Waals surface area contributed by atoms with E-state index in [-0.39, 0.29) is 0 Å². The van der Waals surface area contributed by atoms with Crippen LogP contribution in [0.2, 0.25) is 0 Å². The van der Waals surface area contributed by atoms with Gasteiger partial charge in [-0.1, -0.05) is 109 Å². The molecule has 0 N–H and O–H groups in total. The number of furan rings is 1. The second-order valence-electron chi connectivity index (χ2n) is 10.6. The maximum atomic E-state index is 6.87. The van der Waals surface area contributed by atoms with Crippen molar-refractivity contribution in [1.82, 2.24) is 9.13 Å². The Balaban J connectivity index is 1.44. The molecule has 6 aromatic carbocycles. The maximum Gasteiger partial charge on any atom is 0.159 e. The van der Waals surface area contributed by atoms with Crippen LogP contribution in [0, 0.1) is 0 Å². The van der Waals surface area contributed by atoms with Crippen molar-refractivity contribution < 1.29 is 4.42 Å². The number of aromatic nitrogens is 2. The van der Waals surface area contributed by atoms with Crippen molar-refractivity contribution >= 4 is 54.6 Å². The quantitative estimate of drug-likeness (QED) is 0.225. The summed E-state index contributed by atoms with van der Waals surface area (Å²) < 4.78 is 11.6. The zero-order valence-electron chi connectivity index (χ0n) is 22.2. The summed E-state index contributed by atoms with van der Waals surface area (Å²) in [5.41, 5.74) is 9.76. The molecule has 0 unspecified atom stereocenters. The molecule has 0 fully saturated rings. The highest BCUT2D eigenvalue weighted by atomic mass is 16.3. The number of hydrogen-bond acceptors (Lipinski definition) is 1. The van der Waals surface area contributed by atoms with Crippen LogP contribution in [0.5, 0.6) is 0 Å². The molecule has 41 heavy (non-hydrogen) atoms. The van der Waals surface area contributed by atoms with E-state index in [1.165, 1.54) is 27.2 Å². The van der Waals surface area contributed by atoms with Crippen LogP contribution in [0.1, 0.15) is 0 Å². The predicted molar refractivity (Wildman–Crippen MR) is 170 cm³/mol. The Morgan fingerprint density at radius 1 is 0.463 bits per heavy atom. The van der Waals surface area contributed by atoms with E-state index in [4.69, 9.17) is 4.42 Å². The molecule has 0 radical (unpaired) electrons. The van der Waals surface area contributed by atoms with Crippen molar-refractivity contribution in [2.75, 3.05) is 0 Å². The molecule has 0 saturated carbocycles. The molecule has 0 saturated heterocycles. The van der Waals surface area contributed by atoms with E-state index in [2.05, 4.69) is 155 Å². The Kier molecular flexibility index (Phi) is 4.61. The lowest BCUT2D eigenvalue weighted by atomic mass is 10.0. The van der Waals surface area contributed by atoms with E-state index in [9.17, 15) is 0 Å². The lowest BCUT2D eigenvalue weighted by molar-refractivity contribution is 0.667. The molecule has 0 amide bonds. The van der Waals surface area contributed by atoms with Crippen LogP contribution in [0.3, 0.4) is 0 Å². The molecule has 0 aliphatic heterocycles. The van der Waals surface area contributed by atoms with Gasteiger partial charge in [0.2, 0.25) is 0 Å².